The molecule has 2 heterocycles. The average molecular weight is 414 g/mol. The molecule has 1 fully saturated rings. The van der Waals surface area contributed by atoms with Crippen molar-refractivity contribution in [2.45, 2.75) is 30.3 Å². The second kappa shape index (κ2) is 7.46. The Morgan fingerprint density at radius 3 is 2.21 bits per heavy atom. The van der Waals surface area contributed by atoms with Gasteiger partial charge in [-0.2, -0.15) is 4.31 Å². The number of hydrogen-bond acceptors (Lipinski definition) is 5. The number of sulfonamides is 1. The molecule has 2 aliphatic rings. The molecule has 0 saturated carbocycles. The first kappa shape index (κ1) is 19.4. The largest absolute Gasteiger partial charge is 0.252 e. The van der Waals surface area contributed by atoms with E-state index in [2.05, 4.69) is 31.2 Å². The van der Waals surface area contributed by atoms with E-state index >= 15 is 0 Å². The summed E-state index contributed by atoms with van der Waals surface area (Å²) in [6, 6.07) is 16.9. The van der Waals surface area contributed by atoms with Crippen LogP contribution in [0.5, 0.6) is 0 Å². The van der Waals surface area contributed by atoms with E-state index in [1.54, 1.807) is 40.3 Å². The Balaban J connectivity index is 1.57. The molecule has 0 radical (unpaired) electrons. The summed E-state index contributed by atoms with van der Waals surface area (Å²) in [5.74, 6) is 0. The van der Waals surface area contributed by atoms with E-state index in [1.165, 1.54) is 5.56 Å². The van der Waals surface area contributed by atoms with Gasteiger partial charge in [-0.1, -0.05) is 48.0 Å². The lowest BCUT2D eigenvalue weighted by atomic mass is 10.00. The van der Waals surface area contributed by atoms with Gasteiger partial charge in [0.1, 0.15) is 5.04 Å². The van der Waals surface area contributed by atoms with Crippen LogP contribution in [-0.4, -0.2) is 48.5 Å². The van der Waals surface area contributed by atoms with Gasteiger partial charge < -0.3 is 0 Å². The Labute approximate surface area is 170 Å². The van der Waals surface area contributed by atoms with Crippen molar-refractivity contribution in [2.75, 3.05) is 19.3 Å². The molecule has 1 saturated heterocycles. The number of aliphatic imine (C=N–C) groups is 2. The summed E-state index contributed by atoms with van der Waals surface area (Å²) in [4.78, 5) is 10.3. The predicted octanol–water partition coefficient (Wildman–Crippen LogP) is 3.74. The molecule has 4 rings (SSSR count). The smallest absolute Gasteiger partial charge is 0.243 e. The highest BCUT2D eigenvalue weighted by Crippen LogP contribution is 2.36. The van der Waals surface area contributed by atoms with Gasteiger partial charge in [0.05, 0.1) is 10.6 Å². The molecule has 146 valence electrons. The second-order valence-corrected chi connectivity index (χ2v) is 9.88. The molecule has 0 N–H and O–H groups in total. The molecule has 0 bridgehead atoms. The first-order valence-electron chi connectivity index (χ1n) is 9.30. The molecule has 7 heteroatoms. The molecule has 0 aromatic heterocycles. The highest BCUT2D eigenvalue weighted by molar-refractivity contribution is 8.15. The quantitative estimate of drug-likeness (QED) is 0.770. The number of rotatable bonds is 3. The lowest BCUT2D eigenvalue weighted by Crippen LogP contribution is -2.44. The van der Waals surface area contributed by atoms with Crippen molar-refractivity contribution in [1.29, 1.82) is 0 Å². The summed E-state index contributed by atoms with van der Waals surface area (Å²) in [5.41, 5.74) is 2.65. The molecule has 0 atom stereocenters. The lowest BCUT2D eigenvalue weighted by molar-refractivity contribution is 0.249. The van der Waals surface area contributed by atoms with Gasteiger partial charge in [0, 0.05) is 31.5 Å². The minimum atomic E-state index is -3.47. The first-order chi connectivity index (χ1) is 13.4. The van der Waals surface area contributed by atoms with Gasteiger partial charge in [0.2, 0.25) is 10.0 Å². The summed E-state index contributed by atoms with van der Waals surface area (Å²) < 4.78 is 27.3. The Morgan fingerprint density at radius 1 is 0.964 bits per heavy atom. The molecule has 5 nitrogen and oxygen atoms in total. The normalized spacial score (nSPS) is 19.5. The van der Waals surface area contributed by atoms with Gasteiger partial charge in [0.15, 0.2) is 5.66 Å². The summed E-state index contributed by atoms with van der Waals surface area (Å²) >= 11 is 1.60. The van der Waals surface area contributed by atoms with Crippen LogP contribution in [0.4, 0.5) is 0 Å². The fourth-order valence-electron chi connectivity index (χ4n) is 3.61. The number of piperidine rings is 1. The van der Waals surface area contributed by atoms with Gasteiger partial charge in [-0.3, -0.25) is 4.99 Å². The van der Waals surface area contributed by atoms with Crippen LogP contribution < -0.4 is 0 Å². The summed E-state index contributed by atoms with van der Waals surface area (Å²) in [6.45, 7) is 2.91. The van der Waals surface area contributed by atoms with Gasteiger partial charge in [0.25, 0.3) is 0 Å². The Morgan fingerprint density at radius 2 is 1.61 bits per heavy atom. The number of nitrogens with zero attached hydrogens (tertiary/aromatic N) is 3. The van der Waals surface area contributed by atoms with Crippen molar-refractivity contribution in [3.8, 4) is 0 Å². The average Bonchev–Trinajstić information content (AvgIpc) is 3.08. The van der Waals surface area contributed by atoms with Gasteiger partial charge in [-0.25, -0.2) is 13.4 Å². The molecule has 0 unspecified atom stereocenters. The Bertz CT molecular complexity index is 1020. The fraction of sp³-hybridized carbons (Fsp3) is 0.333. The van der Waals surface area contributed by atoms with Crippen LogP contribution in [0.3, 0.4) is 0 Å². The summed E-state index contributed by atoms with van der Waals surface area (Å²) in [7, 11) is -3.47. The third-order valence-electron chi connectivity index (χ3n) is 5.25. The number of thioether (sulfide) groups is 1. The third kappa shape index (κ3) is 3.54. The summed E-state index contributed by atoms with van der Waals surface area (Å²) in [6.07, 6.45) is 3.20. The van der Waals surface area contributed by atoms with E-state index in [0.717, 1.165) is 16.3 Å². The molecule has 2 aliphatic heterocycles. The molecule has 2 aromatic rings. The molecular formula is C21H23N3O2S2. The van der Waals surface area contributed by atoms with Gasteiger partial charge in [-0.15, -0.1) is 11.8 Å². The van der Waals surface area contributed by atoms with Crippen LogP contribution in [0.1, 0.15) is 24.0 Å². The maximum absolute atomic E-state index is 12.9. The highest BCUT2D eigenvalue weighted by atomic mass is 32.2. The van der Waals surface area contributed by atoms with Gasteiger partial charge >= 0.3 is 0 Å². The zero-order valence-electron chi connectivity index (χ0n) is 16.0. The van der Waals surface area contributed by atoms with Crippen LogP contribution in [0.25, 0.3) is 0 Å². The van der Waals surface area contributed by atoms with E-state index in [0.29, 0.717) is 30.8 Å². The highest BCUT2D eigenvalue weighted by Gasteiger charge is 2.42. The van der Waals surface area contributed by atoms with E-state index in [9.17, 15) is 8.42 Å². The molecule has 28 heavy (non-hydrogen) atoms. The van der Waals surface area contributed by atoms with E-state index < -0.39 is 15.7 Å². The minimum Gasteiger partial charge on any atom is -0.252 e. The van der Waals surface area contributed by atoms with E-state index in [4.69, 9.17) is 9.98 Å². The third-order valence-corrected chi connectivity index (χ3v) is 7.84. The van der Waals surface area contributed by atoms with Crippen molar-refractivity contribution in [3.05, 3.63) is 65.7 Å². The number of hydrogen-bond donors (Lipinski definition) is 0. The van der Waals surface area contributed by atoms with Crippen molar-refractivity contribution >= 4 is 32.5 Å². The SMILES string of the molecule is CSC1=NC2(CCN(S(=O)(=O)c3ccccc3)CC2)N=C1c1ccc(C)cc1. The lowest BCUT2D eigenvalue weighted by Gasteiger charge is -2.34. The molecule has 0 aliphatic carbocycles. The van der Waals surface area contributed by atoms with Crippen molar-refractivity contribution in [2.24, 2.45) is 9.98 Å². The van der Waals surface area contributed by atoms with Crippen LogP contribution in [0.2, 0.25) is 0 Å². The topological polar surface area (TPSA) is 62.1 Å². The molecule has 0 amide bonds. The molecule has 2 aromatic carbocycles. The van der Waals surface area contributed by atoms with E-state index in [1.807, 2.05) is 12.3 Å². The van der Waals surface area contributed by atoms with Crippen LogP contribution in [0.15, 0.2) is 69.5 Å². The minimum absolute atomic E-state index is 0.342. The monoisotopic (exact) mass is 413 g/mol. The number of benzene rings is 2. The zero-order valence-corrected chi connectivity index (χ0v) is 17.6. The summed E-state index contributed by atoms with van der Waals surface area (Å²) in [5, 5.41) is 0.934. The maximum atomic E-state index is 12.9. The van der Waals surface area contributed by atoms with Gasteiger partial charge in [-0.05, 0) is 25.3 Å². The Kier molecular flexibility index (Phi) is 5.16. The van der Waals surface area contributed by atoms with Crippen LogP contribution >= 0.6 is 11.8 Å². The van der Waals surface area contributed by atoms with E-state index in [-0.39, 0.29) is 0 Å². The zero-order chi connectivity index (χ0) is 19.8. The first-order valence-corrected chi connectivity index (χ1v) is 12.0. The van der Waals surface area contributed by atoms with Crippen LogP contribution in [0, 0.1) is 6.92 Å². The van der Waals surface area contributed by atoms with Crippen molar-refractivity contribution in [3.63, 3.8) is 0 Å². The Hall–Kier alpha value is -1.96. The molecular weight excluding hydrogens is 390 g/mol. The standard InChI is InChI=1S/C21H23N3O2S2/c1-16-8-10-17(11-9-16)19-20(27-2)23-21(22-19)12-14-24(15-13-21)28(25,26)18-6-4-3-5-7-18/h3-11H,12-15H2,1-2H3. The number of aryl methyl sites for hydroxylation is 1. The molecule has 1 spiro atoms. The van der Waals surface area contributed by atoms with Crippen molar-refractivity contribution in [1.82, 2.24) is 4.31 Å². The maximum Gasteiger partial charge on any atom is 0.243 e. The predicted molar refractivity (Wildman–Crippen MR) is 116 cm³/mol. The van der Waals surface area contributed by atoms with Crippen molar-refractivity contribution < 1.29 is 8.42 Å². The fourth-order valence-corrected chi connectivity index (χ4v) is 5.70. The van der Waals surface area contributed by atoms with Crippen LogP contribution in [-0.2, 0) is 10.0 Å². The second-order valence-electron chi connectivity index (χ2n) is 7.15.